The fourth-order valence-corrected chi connectivity index (χ4v) is 2.85. The van der Waals surface area contributed by atoms with Gasteiger partial charge in [0.25, 0.3) is 0 Å². The molecule has 2 heteroatoms. The summed E-state index contributed by atoms with van der Waals surface area (Å²) in [7, 11) is 0. The van der Waals surface area contributed by atoms with Crippen LogP contribution in [0.5, 0.6) is 0 Å². The van der Waals surface area contributed by atoms with Gasteiger partial charge in [0.2, 0.25) is 0 Å². The summed E-state index contributed by atoms with van der Waals surface area (Å²) in [5, 5.41) is 9.69. The van der Waals surface area contributed by atoms with E-state index in [2.05, 4.69) is 0 Å². The fraction of sp³-hybridized carbons (Fsp3) is 1.00. The van der Waals surface area contributed by atoms with Crippen LogP contribution in [0.3, 0.4) is 0 Å². The van der Waals surface area contributed by atoms with E-state index in [1.165, 1.54) is 38.5 Å². The van der Waals surface area contributed by atoms with Crippen molar-refractivity contribution in [3.8, 4) is 0 Å². The zero-order valence-corrected chi connectivity index (χ0v) is 8.95. The van der Waals surface area contributed by atoms with E-state index < -0.39 is 0 Å². The number of hydrogen-bond donors (Lipinski definition) is 1. The van der Waals surface area contributed by atoms with Crippen molar-refractivity contribution in [1.82, 2.24) is 0 Å². The third kappa shape index (κ3) is 2.96. The molecule has 1 aliphatic carbocycles. The van der Waals surface area contributed by atoms with Gasteiger partial charge in [-0.15, -0.1) is 0 Å². The molecule has 14 heavy (non-hydrogen) atoms. The highest BCUT2D eigenvalue weighted by Gasteiger charge is 2.24. The first-order chi connectivity index (χ1) is 6.84. The van der Waals surface area contributed by atoms with Crippen molar-refractivity contribution in [3.05, 3.63) is 0 Å². The first kappa shape index (κ1) is 10.4. The molecule has 0 bridgehead atoms. The van der Waals surface area contributed by atoms with Gasteiger partial charge in [-0.25, -0.2) is 0 Å². The Balaban J connectivity index is 1.77. The smallest absolute Gasteiger partial charge is 0.0578 e. The molecule has 1 heterocycles. The summed E-state index contributed by atoms with van der Waals surface area (Å²) in [4.78, 5) is 0. The summed E-state index contributed by atoms with van der Waals surface area (Å²) in [6.45, 7) is 0.958. The molecule has 0 aromatic heterocycles. The van der Waals surface area contributed by atoms with Gasteiger partial charge in [0.1, 0.15) is 0 Å². The van der Waals surface area contributed by atoms with Gasteiger partial charge in [-0.3, -0.25) is 0 Å². The highest BCUT2D eigenvalue weighted by Crippen LogP contribution is 2.30. The lowest BCUT2D eigenvalue weighted by Gasteiger charge is -2.19. The minimum absolute atomic E-state index is 0.0381. The third-order valence-electron chi connectivity index (χ3n) is 3.63. The SMILES string of the molecule is OC1CCCCC(CC2CCCO2)C1. The van der Waals surface area contributed by atoms with Gasteiger partial charge in [-0.05, 0) is 38.0 Å². The number of rotatable bonds is 2. The van der Waals surface area contributed by atoms with Crippen LogP contribution < -0.4 is 0 Å². The number of ether oxygens (including phenoxy) is 1. The van der Waals surface area contributed by atoms with E-state index in [0.29, 0.717) is 6.10 Å². The van der Waals surface area contributed by atoms with Crippen molar-refractivity contribution < 1.29 is 9.84 Å². The van der Waals surface area contributed by atoms with E-state index in [-0.39, 0.29) is 6.10 Å². The molecule has 2 aliphatic rings. The van der Waals surface area contributed by atoms with E-state index in [1.807, 2.05) is 0 Å². The lowest BCUT2D eigenvalue weighted by Crippen LogP contribution is -2.16. The summed E-state index contributed by atoms with van der Waals surface area (Å²) in [5.41, 5.74) is 0. The minimum atomic E-state index is -0.0381. The summed E-state index contributed by atoms with van der Waals surface area (Å²) in [6.07, 6.45) is 9.98. The van der Waals surface area contributed by atoms with Gasteiger partial charge < -0.3 is 9.84 Å². The Morgan fingerprint density at radius 1 is 1.07 bits per heavy atom. The second-order valence-electron chi connectivity index (χ2n) is 4.91. The minimum Gasteiger partial charge on any atom is -0.393 e. The molecule has 82 valence electrons. The molecule has 1 saturated heterocycles. The highest BCUT2D eigenvalue weighted by atomic mass is 16.5. The number of hydrogen-bond acceptors (Lipinski definition) is 2. The quantitative estimate of drug-likeness (QED) is 0.691. The van der Waals surface area contributed by atoms with E-state index in [9.17, 15) is 5.11 Å². The molecule has 1 saturated carbocycles. The molecule has 1 N–H and O–H groups in total. The predicted octanol–water partition coefficient (Wildman–Crippen LogP) is 2.50. The Hall–Kier alpha value is -0.0800. The first-order valence-electron chi connectivity index (χ1n) is 6.14. The molecule has 0 amide bonds. The monoisotopic (exact) mass is 198 g/mol. The van der Waals surface area contributed by atoms with Gasteiger partial charge in [0, 0.05) is 6.61 Å². The largest absolute Gasteiger partial charge is 0.393 e. The second kappa shape index (κ2) is 5.13. The molecule has 0 aromatic carbocycles. The Morgan fingerprint density at radius 2 is 1.93 bits per heavy atom. The standard InChI is InChI=1S/C12H22O2/c13-11-5-2-1-4-10(8-11)9-12-6-3-7-14-12/h10-13H,1-9H2. The summed E-state index contributed by atoms with van der Waals surface area (Å²) >= 11 is 0. The first-order valence-corrected chi connectivity index (χ1v) is 6.14. The summed E-state index contributed by atoms with van der Waals surface area (Å²) in [5.74, 6) is 0.718. The van der Waals surface area contributed by atoms with Crippen LogP contribution in [-0.4, -0.2) is 23.9 Å². The molecule has 0 radical (unpaired) electrons. The second-order valence-corrected chi connectivity index (χ2v) is 4.91. The van der Waals surface area contributed by atoms with Crippen molar-refractivity contribution in [1.29, 1.82) is 0 Å². The summed E-state index contributed by atoms with van der Waals surface area (Å²) < 4.78 is 5.65. The highest BCUT2D eigenvalue weighted by molar-refractivity contribution is 4.75. The predicted molar refractivity (Wildman–Crippen MR) is 56.2 cm³/mol. The van der Waals surface area contributed by atoms with Gasteiger partial charge >= 0.3 is 0 Å². The van der Waals surface area contributed by atoms with Crippen LogP contribution >= 0.6 is 0 Å². The molecule has 2 rings (SSSR count). The Labute approximate surface area is 86.6 Å². The van der Waals surface area contributed by atoms with Crippen LogP contribution in [0.1, 0.15) is 51.4 Å². The Bertz CT molecular complexity index is 164. The van der Waals surface area contributed by atoms with Gasteiger partial charge in [-0.1, -0.05) is 19.3 Å². The molecule has 2 fully saturated rings. The summed E-state index contributed by atoms with van der Waals surface area (Å²) in [6, 6.07) is 0. The van der Waals surface area contributed by atoms with Crippen molar-refractivity contribution in [2.75, 3.05) is 6.61 Å². The van der Waals surface area contributed by atoms with Crippen LogP contribution in [-0.2, 0) is 4.74 Å². The molecular weight excluding hydrogens is 176 g/mol. The average Bonchev–Trinajstić information content (AvgIpc) is 2.56. The molecule has 3 atom stereocenters. The lowest BCUT2D eigenvalue weighted by molar-refractivity contribution is 0.0747. The fourth-order valence-electron chi connectivity index (χ4n) is 2.85. The molecule has 3 unspecified atom stereocenters. The maximum atomic E-state index is 9.69. The Kier molecular flexibility index (Phi) is 3.82. The van der Waals surface area contributed by atoms with E-state index in [4.69, 9.17) is 4.74 Å². The molecular formula is C12H22O2. The molecule has 2 nitrogen and oxygen atoms in total. The molecule has 0 spiro atoms. The van der Waals surface area contributed by atoms with Crippen LogP contribution in [0.15, 0.2) is 0 Å². The van der Waals surface area contributed by atoms with Crippen molar-refractivity contribution in [2.45, 2.75) is 63.6 Å². The van der Waals surface area contributed by atoms with E-state index >= 15 is 0 Å². The van der Waals surface area contributed by atoms with Crippen molar-refractivity contribution in [3.63, 3.8) is 0 Å². The topological polar surface area (TPSA) is 29.5 Å². The zero-order valence-electron chi connectivity index (χ0n) is 8.95. The van der Waals surface area contributed by atoms with Crippen LogP contribution in [0.2, 0.25) is 0 Å². The van der Waals surface area contributed by atoms with Gasteiger partial charge in [-0.2, -0.15) is 0 Å². The molecule has 1 aliphatic heterocycles. The van der Waals surface area contributed by atoms with Crippen molar-refractivity contribution >= 4 is 0 Å². The number of aliphatic hydroxyl groups excluding tert-OH is 1. The third-order valence-corrected chi connectivity index (χ3v) is 3.63. The zero-order chi connectivity index (χ0) is 9.80. The van der Waals surface area contributed by atoms with Crippen LogP contribution in [0.4, 0.5) is 0 Å². The van der Waals surface area contributed by atoms with Gasteiger partial charge in [0.15, 0.2) is 0 Å². The average molecular weight is 198 g/mol. The van der Waals surface area contributed by atoms with Gasteiger partial charge in [0.05, 0.1) is 12.2 Å². The van der Waals surface area contributed by atoms with E-state index in [0.717, 1.165) is 25.4 Å². The normalized spacial score (nSPS) is 39.6. The van der Waals surface area contributed by atoms with Crippen LogP contribution in [0, 0.1) is 5.92 Å². The maximum Gasteiger partial charge on any atom is 0.0578 e. The lowest BCUT2D eigenvalue weighted by atomic mass is 9.92. The van der Waals surface area contributed by atoms with E-state index in [1.54, 1.807) is 0 Å². The van der Waals surface area contributed by atoms with Crippen LogP contribution in [0.25, 0.3) is 0 Å². The number of aliphatic hydroxyl groups is 1. The molecule has 0 aromatic rings. The Morgan fingerprint density at radius 3 is 2.71 bits per heavy atom. The van der Waals surface area contributed by atoms with Crippen molar-refractivity contribution in [2.24, 2.45) is 5.92 Å². The maximum absolute atomic E-state index is 9.69.